The first-order chi connectivity index (χ1) is 14.4. The molecule has 1 fully saturated rings. The normalized spacial score (nSPS) is 23.2. The molecule has 31 heavy (non-hydrogen) atoms. The van der Waals surface area contributed by atoms with Crippen LogP contribution in [0.15, 0.2) is 60.7 Å². The molecule has 2 aromatic carbocycles. The number of nitrogens with zero attached hydrogens (tertiary/aromatic N) is 1. The van der Waals surface area contributed by atoms with E-state index < -0.39 is 15.6 Å². The lowest BCUT2D eigenvalue weighted by Crippen LogP contribution is -2.69. The molecule has 1 aliphatic heterocycles. The fourth-order valence-electron chi connectivity index (χ4n) is 3.76. The Balaban J connectivity index is 0.000000366. The van der Waals surface area contributed by atoms with Crippen molar-refractivity contribution >= 4 is 16.1 Å². The number of halogens is 3. The summed E-state index contributed by atoms with van der Waals surface area (Å²) in [5.74, 6) is 0.162. The number of hydrogen-bond donors (Lipinski definition) is 0. The van der Waals surface area contributed by atoms with Gasteiger partial charge in [-0.15, -0.1) is 0 Å². The fourth-order valence-corrected chi connectivity index (χ4v) is 3.76. The van der Waals surface area contributed by atoms with E-state index in [2.05, 4.69) is 43.4 Å². The molecule has 0 unspecified atom stereocenters. The Hall–Kier alpha value is -2.43. The maximum atomic E-state index is 12.6. The van der Waals surface area contributed by atoms with Crippen LogP contribution in [0.3, 0.4) is 0 Å². The second kappa shape index (κ2) is 9.80. The largest absolute Gasteiger partial charge is 0.741 e. The van der Waals surface area contributed by atoms with Gasteiger partial charge >= 0.3 is 11.5 Å². The second-order valence-corrected chi connectivity index (χ2v) is 8.79. The Morgan fingerprint density at radius 3 is 2.03 bits per heavy atom. The van der Waals surface area contributed by atoms with Crippen LogP contribution in [-0.2, 0) is 26.2 Å². The van der Waals surface area contributed by atoms with E-state index in [1.807, 2.05) is 31.2 Å². The highest BCUT2D eigenvalue weighted by atomic mass is 32.2. The van der Waals surface area contributed by atoms with Crippen molar-refractivity contribution in [1.82, 2.24) is 0 Å². The van der Waals surface area contributed by atoms with E-state index in [0.717, 1.165) is 13.1 Å². The van der Waals surface area contributed by atoms with Crippen molar-refractivity contribution in [2.24, 2.45) is 0 Å². The van der Waals surface area contributed by atoms with E-state index >= 15 is 0 Å². The van der Waals surface area contributed by atoms with Gasteiger partial charge in [-0.05, 0) is 12.5 Å². The molecule has 0 saturated carbocycles. The Morgan fingerprint density at radius 1 is 1.10 bits per heavy atom. The lowest BCUT2D eigenvalue weighted by atomic mass is 9.79. The van der Waals surface area contributed by atoms with Crippen molar-refractivity contribution in [3.63, 3.8) is 0 Å². The van der Waals surface area contributed by atoms with Crippen LogP contribution in [0.1, 0.15) is 24.0 Å². The van der Waals surface area contributed by atoms with Gasteiger partial charge in [0.15, 0.2) is 16.2 Å². The van der Waals surface area contributed by atoms with Crippen LogP contribution < -0.4 is 0 Å². The molecule has 10 heteroatoms. The number of alkyl halides is 3. The summed E-state index contributed by atoms with van der Waals surface area (Å²) in [4.78, 5) is 12.6. The highest BCUT2D eigenvalue weighted by Crippen LogP contribution is 2.41. The first-order valence-electron chi connectivity index (χ1n) is 9.51. The van der Waals surface area contributed by atoms with Crippen LogP contribution in [-0.4, -0.2) is 55.2 Å². The number of benzene rings is 2. The molecule has 1 heterocycles. The first-order valence-corrected chi connectivity index (χ1v) is 10.9. The average molecular weight is 459 g/mol. The van der Waals surface area contributed by atoms with Crippen molar-refractivity contribution in [3.05, 3.63) is 71.8 Å². The zero-order valence-electron chi connectivity index (χ0n) is 17.1. The molecule has 0 radical (unpaired) electrons. The highest BCUT2D eigenvalue weighted by molar-refractivity contribution is 7.86. The van der Waals surface area contributed by atoms with Crippen molar-refractivity contribution in [3.8, 4) is 0 Å². The molecule has 0 bridgehead atoms. The summed E-state index contributed by atoms with van der Waals surface area (Å²) < 4.78 is 65.0. The van der Waals surface area contributed by atoms with Crippen LogP contribution in [0, 0.1) is 0 Å². The number of carbonyl (C=O) groups is 1. The molecule has 3 rings (SSSR count). The van der Waals surface area contributed by atoms with Gasteiger partial charge in [-0.1, -0.05) is 60.7 Å². The van der Waals surface area contributed by atoms with Crippen LogP contribution in [0.5, 0.6) is 0 Å². The average Bonchev–Trinajstić information content (AvgIpc) is 2.67. The minimum Gasteiger partial charge on any atom is -0.741 e. The summed E-state index contributed by atoms with van der Waals surface area (Å²) in [7, 11) is -3.93. The number of likely N-dealkylation sites (tertiary alicyclic amines) is 1. The number of esters is 1. The number of hydrogen-bond acceptors (Lipinski definition) is 5. The number of likely N-dealkylation sites (N-methyl/N-ethyl adjacent to an activating group) is 1. The van der Waals surface area contributed by atoms with Gasteiger partial charge in [0.05, 0.1) is 26.1 Å². The molecule has 170 valence electrons. The maximum absolute atomic E-state index is 12.6. The van der Waals surface area contributed by atoms with Crippen molar-refractivity contribution in [2.75, 3.05) is 20.2 Å². The second-order valence-electron chi connectivity index (χ2n) is 7.42. The van der Waals surface area contributed by atoms with Crippen molar-refractivity contribution in [2.45, 2.75) is 30.9 Å². The molecule has 0 aromatic heterocycles. The molecular formula is C21H24F3NO5S. The lowest BCUT2D eigenvalue weighted by Gasteiger charge is -2.53. The van der Waals surface area contributed by atoms with Gasteiger partial charge in [0.25, 0.3) is 0 Å². The zero-order chi connectivity index (χ0) is 23.3. The summed E-state index contributed by atoms with van der Waals surface area (Å²) in [5.41, 5.74) is -3.16. The minimum atomic E-state index is -6.09. The van der Waals surface area contributed by atoms with Gasteiger partial charge in [-0.3, -0.25) is 0 Å². The number of quaternary nitrogens is 1. The van der Waals surface area contributed by atoms with E-state index in [1.54, 1.807) is 0 Å². The summed E-state index contributed by atoms with van der Waals surface area (Å²) in [6.45, 7) is 4.12. The molecule has 0 N–H and O–H groups in total. The minimum absolute atomic E-state index is 0.0777. The standard InChI is InChI=1S/C20H24NO2.CHF3O3S/c1-3-23-20(22)19-18(17-12-8-5-9-13-17)15-21(19,2)14-16-10-6-4-7-11-16;2-1(3,4)8(5,6)7/h4-13,18-19H,3,14-15H2,1-2H3;(H,5,6,7)/q+1;/p-1/t18-,19+,21-;/m0./s1. The van der Waals surface area contributed by atoms with Gasteiger partial charge in [0, 0.05) is 5.56 Å². The predicted molar refractivity (Wildman–Crippen MR) is 107 cm³/mol. The van der Waals surface area contributed by atoms with E-state index in [4.69, 9.17) is 17.7 Å². The van der Waals surface area contributed by atoms with Crippen molar-refractivity contribution < 1.29 is 40.2 Å². The van der Waals surface area contributed by atoms with Crippen LogP contribution >= 0.6 is 0 Å². The molecule has 0 amide bonds. The van der Waals surface area contributed by atoms with E-state index in [1.165, 1.54) is 11.1 Å². The Bertz CT molecular complexity index is 968. The van der Waals surface area contributed by atoms with E-state index in [9.17, 15) is 18.0 Å². The van der Waals surface area contributed by atoms with Crippen LogP contribution in [0.4, 0.5) is 13.2 Å². The highest BCUT2D eigenvalue weighted by Gasteiger charge is 2.57. The molecule has 6 nitrogen and oxygen atoms in total. The molecule has 3 atom stereocenters. The first kappa shape index (κ1) is 24.8. The molecule has 2 aromatic rings. The monoisotopic (exact) mass is 459 g/mol. The van der Waals surface area contributed by atoms with Gasteiger partial charge in [-0.2, -0.15) is 13.2 Å². The third kappa shape index (κ3) is 6.28. The van der Waals surface area contributed by atoms with Gasteiger partial charge < -0.3 is 13.8 Å². The fraction of sp³-hybridized carbons (Fsp3) is 0.381. The molecule has 0 spiro atoms. The summed E-state index contributed by atoms with van der Waals surface area (Å²) in [5, 5.41) is 0. The quantitative estimate of drug-likeness (QED) is 0.296. The van der Waals surface area contributed by atoms with E-state index in [0.29, 0.717) is 11.1 Å². The van der Waals surface area contributed by atoms with Crippen LogP contribution in [0.2, 0.25) is 0 Å². The zero-order valence-corrected chi connectivity index (χ0v) is 17.9. The van der Waals surface area contributed by atoms with E-state index in [-0.39, 0.29) is 17.9 Å². The molecule has 1 aliphatic rings. The summed E-state index contributed by atoms with van der Waals surface area (Å²) in [6, 6.07) is 20.6. The smallest absolute Gasteiger partial charge is 0.485 e. The number of carbonyl (C=O) groups excluding carboxylic acids is 1. The molecule has 0 aliphatic carbocycles. The molecule has 1 saturated heterocycles. The Kier molecular flexibility index (Phi) is 7.85. The summed E-state index contributed by atoms with van der Waals surface area (Å²) in [6.07, 6.45) is 0. The van der Waals surface area contributed by atoms with Crippen LogP contribution in [0.25, 0.3) is 0 Å². The van der Waals surface area contributed by atoms with Gasteiger partial charge in [-0.25, -0.2) is 13.2 Å². The third-order valence-electron chi connectivity index (χ3n) is 5.09. The third-order valence-corrected chi connectivity index (χ3v) is 5.66. The maximum Gasteiger partial charge on any atom is 0.485 e. The summed E-state index contributed by atoms with van der Waals surface area (Å²) >= 11 is 0. The number of ether oxygens (including phenoxy) is 1. The SMILES string of the molecule is CCOC(=O)[C@H]1[C@H](c2ccccc2)C[N@+]1(C)Cc1ccccc1.O=S(=O)([O-])C(F)(F)F. The topological polar surface area (TPSA) is 83.5 Å². The predicted octanol–water partition coefficient (Wildman–Crippen LogP) is 3.41. The Labute approximate surface area is 179 Å². The Morgan fingerprint density at radius 2 is 1.58 bits per heavy atom. The van der Waals surface area contributed by atoms with Gasteiger partial charge in [0.1, 0.15) is 6.54 Å². The lowest BCUT2D eigenvalue weighted by molar-refractivity contribution is -0.979. The van der Waals surface area contributed by atoms with Crippen molar-refractivity contribution in [1.29, 1.82) is 0 Å². The molecular weight excluding hydrogens is 435 g/mol. The number of rotatable bonds is 5. The van der Waals surface area contributed by atoms with Gasteiger partial charge in [0.2, 0.25) is 0 Å².